The maximum absolute atomic E-state index is 10.4. The second-order valence-electron chi connectivity index (χ2n) is 11.8. The third kappa shape index (κ3) is 15.0. The highest BCUT2D eigenvalue weighted by Gasteiger charge is 2.27. The zero-order valence-corrected chi connectivity index (χ0v) is 19.3. The summed E-state index contributed by atoms with van der Waals surface area (Å²) in [5.41, 5.74) is 0.238. The van der Waals surface area contributed by atoms with E-state index >= 15 is 0 Å². The molecule has 0 spiro atoms. The molecular weight excluding hydrogens is 324 g/mol. The predicted molar refractivity (Wildman–Crippen MR) is 114 cm³/mol. The molecule has 0 radical (unpaired) electrons. The van der Waals surface area contributed by atoms with Gasteiger partial charge in [0.25, 0.3) is 0 Å². The van der Waals surface area contributed by atoms with E-state index in [0.29, 0.717) is 13.1 Å². The van der Waals surface area contributed by atoms with Crippen LogP contribution in [0, 0.1) is 10.8 Å². The quantitative estimate of drug-likeness (QED) is 0.441. The lowest BCUT2D eigenvalue weighted by Crippen LogP contribution is -2.45. The van der Waals surface area contributed by atoms with Gasteiger partial charge in [-0.1, -0.05) is 34.6 Å². The van der Waals surface area contributed by atoms with Crippen LogP contribution in [0.5, 0.6) is 0 Å². The Morgan fingerprint density at radius 3 is 1.58 bits per heavy atom. The van der Waals surface area contributed by atoms with E-state index in [1.807, 2.05) is 0 Å². The van der Waals surface area contributed by atoms with Crippen molar-refractivity contribution in [2.75, 3.05) is 13.1 Å². The van der Waals surface area contributed by atoms with E-state index in [0.717, 1.165) is 25.7 Å². The van der Waals surface area contributed by atoms with Crippen molar-refractivity contribution in [1.29, 1.82) is 0 Å². The molecule has 0 saturated heterocycles. The summed E-state index contributed by atoms with van der Waals surface area (Å²) in [6.07, 6.45) is 3.01. The standard InChI is InChI=1S/C22H48N2O2/c1-19(2,3)13-17(25)16-24-22(9,10)12-11-21(7,8)14-18(26)15-23-20(4,5)6/h17-18,23-26H,11-16H2,1-10H3/t17-,18?/m1/s1. The molecule has 0 aromatic rings. The number of aliphatic hydroxyl groups excluding tert-OH is 2. The van der Waals surface area contributed by atoms with Crippen molar-refractivity contribution in [1.82, 2.24) is 10.6 Å². The Kier molecular flexibility index (Phi) is 9.80. The number of aliphatic hydroxyl groups is 2. The molecule has 0 bridgehead atoms. The van der Waals surface area contributed by atoms with Crippen LogP contribution in [-0.4, -0.2) is 46.6 Å². The molecule has 4 nitrogen and oxygen atoms in total. The van der Waals surface area contributed by atoms with E-state index in [1.165, 1.54) is 0 Å². The number of nitrogens with one attached hydrogen (secondary N) is 2. The molecular formula is C22H48N2O2. The predicted octanol–water partition coefficient (Wildman–Crippen LogP) is 4.10. The highest BCUT2D eigenvalue weighted by Crippen LogP contribution is 2.31. The Hall–Kier alpha value is -0.160. The number of hydrogen-bond donors (Lipinski definition) is 4. The van der Waals surface area contributed by atoms with Gasteiger partial charge in [-0.25, -0.2) is 0 Å². The average Bonchev–Trinajstić information content (AvgIpc) is 2.38. The Morgan fingerprint density at radius 1 is 0.654 bits per heavy atom. The Balaban J connectivity index is 4.32. The van der Waals surface area contributed by atoms with Crippen molar-refractivity contribution >= 4 is 0 Å². The molecule has 0 aromatic carbocycles. The van der Waals surface area contributed by atoms with Gasteiger partial charge in [0.1, 0.15) is 0 Å². The molecule has 0 aliphatic carbocycles. The SMILES string of the molecule is CC(C)(C)C[C@@H](O)CNC(C)(C)CCC(C)(C)CC(O)CNC(C)(C)C. The molecule has 0 saturated carbocycles. The maximum atomic E-state index is 10.4. The minimum atomic E-state index is -0.325. The lowest BCUT2D eigenvalue weighted by atomic mass is 9.79. The van der Waals surface area contributed by atoms with Crippen LogP contribution in [0.1, 0.15) is 94.9 Å². The summed E-state index contributed by atoms with van der Waals surface area (Å²) in [4.78, 5) is 0. The second-order valence-corrected chi connectivity index (χ2v) is 11.8. The molecule has 0 heterocycles. The lowest BCUT2D eigenvalue weighted by molar-refractivity contribution is 0.0913. The van der Waals surface area contributed by atoms with Crippen LogP contribution in [0.2, 0.25) is 0 Å². The van der Waals surface area contributed by atoms with Gasteiger partial charge in [-0.15, -0.1) is 0 Å². The first-order valence-electron chi connectivity index (χ1n) is 10.3. The first-order chi connectivity index (χ1) is 11.4. The van der Waals surface area contributed by atoms with Gasteiger partial charge in [-0.2, -0.15) is 0 Å². The molecule has 0 rings (SSSR count). The summed E-state index contributed by atoms with van der Waals surface area (Å²) in [6, 6.07) is 0. The van der Waals surface area contributed by atoms with E-state index in [1.54, 1.807) is 0 Å². The van der Waals surface area contributed by atoms with Crippen molar-refractivity contribution < 1.29 is 10.2 Å². The molecule has 0 aliphatic heterocycles. The van der Waals surface area contributed by atoms with Gasteiger partial charge in [0.15, 0.2) is 0 Å². The summed E-state index contributed by atoms with van der Waals surface area (Å²) >= 11 is 0. The molecule has 2 atom stereocenters. The highest BCUT2D eigenvalue weighted by molar-refractivity contribution is 4.85. The Labute approximate surface area is 163 Å². The van der Waals surface area contributed by atoms with E-state index in [-0.39, 0.29) is 34.1 Å². The first kappa shape index (κ1) is 25.8. The minimum Gasteiger partial charge on any atom is -0.392 e. The first-order valence-corrected chi connectivity index (χ1v) is 10.3. The number of hydrogen-bond acceptors (Lipinski definition) is 4. The van der Waals surface area contributed by atoms with Gasteiger partial charge < -0.3 is 20.8 Å². The lowest BCUT2D eigenvalue weighted by Gasteiger charge is -2.35. The molecule has 4 heteroatoms. The third-order valence-corrected chi connectivity index (χ3v) is 4.75. The third-order valence-electron chi connectivity index (χ3n) is 4.75. The largest absolute Gasteiger partial charge is 0.392 e. The van der Waals surface area contributed by atoms with Crippen molar-refractivity contribution in [2.24, 2.45) is 10.8 Å². The Bertz CT molecular complexity index is 392. The normalized spacial score (nSPS) is 16.6. The molecule has 0 amide bonds. The monoisotopic (exact) mass is 372 g/mol. The van der Waals surface area contributed by atoms with Crippen molar-refractivity contribution in [3.8, 4) is 0 Å². The maximum Gasteiger partial charge on any atom is 0.0669 e. The molecule has 4 N–H and O–H groups in total. The van der Waals surface area contributed by atoms with Crippen molar-refractivity contribution in [3.05, 3.63) is 0 Å². The van der Waals surface area contributed by atoms with Crippen LogP contribution in [0.15, 0.2) is 0 Å². The van der Waals surface area contributed by atoms with Gasteiger partial charge in [0.2, 0.25) is 0 Å². The van der Waals surface area contributed by atoms with Crippen LogP contribution in [0.4, 0.5) is 0 Å². The minimum absolute atomic E-state index is 0.0231. The van der Waals surface area contributed by atoms with Gasteiger partial charge in [-0.05, 0) is 71.1 Å². The molecule has 1 unspecified atom stereocenters. The fraction of sp³-hybridized carbons (Fsp3) is 1.00. The summed E-state index contributed by atoms with van der Waals surface area (Å²) in [5, 5.41) is 27.5. The highest BCUT2D eigenvalue weighted by atomic mass is 16.3. The summed E-state index contributed by atoms with van der Waals surface area (Å²) in [6.45, 7) is 22.9. The van der Waals surface area contributed by atoms with E-state index in [9.17, 15) is 10.2 Å². The average molecular weight is 373 g/mol. The van der Waals surface area contributed by atoms with Gasteiger partial charge in [-0.3, -0.25) is 0 Å². The summed E-state index contributed by atoms with van der Waals surface area (Å²) in [7, 11) is 0. The van der Waals surface area contributed by atoms with Crippen molar-refractivity contribution in [2.45, 2.75) is 118 Å². The topological polar surface area (TPSA) is 64.5 Å². The number of β-amino-alcohol motifs (C(OH)–C–C–N with tert-alkyl or cyclic N) is 2. The fourth-order valence-electron chi connectivity index (χ4n) is 3.15. The van der Waals surface area contributed by atoms with Gasteiger partial charge in [0.05, 0.1) is 12.2 Å². The second kappa shape index (κ2) is 9.86. The molecule has 26 heavy (non-hydrogen) atoms. The van der Waals surface area contributed by atoms with Crippen LogP contribution in [0.3, 0.4) is 0 Å². The van der Waals surface area contributed by atoms with Gasteiger partial charge in [0, 0.05) is 24.2 Å². The summed E-state index contributed by atoms with van der Waals surface area (Å²) in [5.74, 6) is 0. The van der Waals surface area contributed by atoms with Crippen molar-refractivity contribution in [3.63, 3.8) is 0 Å². The smallest absolute Gasteiger partial charge is 0.0669 e. The Morgan fingerprint density at radius 2 is 1.12 bits per heavy atom. The molecule has 0 aliphatic rings. The molecule has 158 valence electrons. The molecule has 0 fully saturated rings. The van der Waals surface area contributed by atoms with Crippen LogP contribution < -0.4 is 10.6 Å². The molecule has 0 aromatic heterocycles. The fourth-order valence-corrected chi connectivity index (χ4v) is 3.15. The zero-order valence-electron chi connectivity index (χ0n) is 19.3. The van der Waals surface area contributed by atoms with Crippen LogP contribution >= 0.6 is 0 Å². The zero-order chi connectivity index (χ0) is 20.8. The van der Waals surface area contributed by atoms with Gasteiger partial charge >= 0.3 is 0 Å². The van der Waals surface area contributed by atoms with Crippen LogP contribution in [-0.2, 0) is 0 Å². The van der Waals surface area contributed by atoms with E-state index < -0.39 is 0 Å². The van der Waals surface area contributed by atoms with E-state index in [4.69, 9.17) is 0 Å². The summed E-state index contributed by atoms with van der Waals surface area (Å²) < 4.78 is 0. The number of rotatable bonds is 11. The van der Waals surface area contributed by atoms with E-state index in [2.05, 4.69) is 79.9 Å². The van der Waals surface area contributed by atoms with Crippen LogP contribution in [0.25, 0.3) is 0 Å².